The van der Waals surface area contributed by atoms with Gasteiger partial charge < -0.3 is 24.8 Å². The molecule has 1 saturated heterocycles. The number of nitrogens with one attached hydrogen (secondary N) is 1. The first kappa shape index (κ1) is 20.1. The fraction of sp³-hybridized carbons (Fsp3) is 0.200. The fourth-order valence-electron chi connectivity index (χ4n) is 4.23. The van der Waals surface area contributed by atoms with Crippen LogP contribution in [0.2, 0.25) is 0 Å². The predicted molar refractivity (Wildman–Crippen MR) is 122 cm³/mol. The molecule has 4 aromatic rings. The third-order valence-electron chi connectivity index (χ3n) is 5.94. The molecule has 1 unspecified atom stereocenters. The number of aromatic amines is 1. The number of aromatic hydroxyl groups is 1. The van der Waals surface area contributed by atoms with Gasteiger partial charge in [0.15, 0.2) is 0 Å². The molecular weight excluding hydrogens is 406 g/mol. The summed E-state index contributed by atoms with van der Waals surface area (Å²) in [5, 5.41) is 21.0. The Morgan fingerprint density at radius 3 is 2.78 bits per heavy atom. The molecule has 1 atom stereocenters. The highest BCUT2D eigenvalue weighted by atomic mass is 16.5. The van der Waals surface area contributed by atoms with Crippen LogP contribution in [0.4, 0.5) is 0 Å². The molecule has 1 amide bonds. The van der Waals surface area contributed by atoms with Gasteiger partial charge >= 0.3 is 0 Å². The van der Waals surface area contributed by atoms with Crippen LogP contribution in [0.5, 0.6) is 11.5 Å². The molecule has 7 heteroatoms. The number of hydrogen-bond donors (Lipinski definition) is 3. The number of amides is 1. The molecule has 32 heavy (non-hydrogen) atoms. The van der Waals surface area contributed by atoms with E-state index in [0.717, 1.165) is 39.0 Å². The van der Waals surface area contributed by atoms with E-state index in [9.17, 15) is 15.0 Å². The summed E-state index contributed by atoms with van der Waals surface area (Å²) in [6, 6.07) is 14.8. The van der Waals surface area contributed by atoms with Gasteiger partial charge in [0.1, 0.15) is 17.1 Å². The second kappa shape index (κ2) is 8.01. The van der Waals surface area contributed by atoms with Crippen LogP contribution in [-0.4, -0.2) is 57.3 Å². The first-order chi connectivity index (χ1) is 15.5. The summed E-state index contributed by atoms with van der Waals surface area (Å²) in [4.78, 5) is 22.2. The van der Waals surface area contributed by atoms with Gasteiger partial charge in [0.25, 0.3) is 5.91 Å². The Morgan fingerprint density at radius 2 is 2.00 bits per heavy atom. The van der Waals surface area contributed by atoms with Crippen LogP contribution in [0.15, 0.2) is 60.9 Å². The Kier molecular flexibility index (Phi) is 5.03. The molecular formula is C25H23N3O4. The highest BCUT2D eigenvalue weighted by Gasteiger charge is 2.27. The number of ether oxygens (including phenoxy) is 1. The van der Waals surface area contributed by atoms with E-state index in [1.807, 2.05) is 36.5 Å². The largest absolute Gasteiger partial charge is 0.507 e. The Hall–Kier alpha value is -3.84. The molecule has 0 spiro atoms. The molecule has 1 aliphatic heterocycles. The first-order valence-electron chi connectivity index (χ1n) is 10.5. The molecule has 1 fully saturated rings. The number of pyridine rings is 1. The van der Waals surface area contributed by atoms with Crippen molar-refractivity contribution in [3.63, 3.8) is 0 Å². The van der Waals surface area contributed by atoms with Gasteiger partial charge in [0.2, 0.25) is 0 Å². The summed E-state index contributed by atoms with van der Waals surface area (Å²) >= 11 is 0. The van der Waals surface area contributed by atoms with Gasteiger partial charge in [-0.25, -0.2) is 4.98 Å². The van der Waals surface area contributed by atoms with Crippen LogP contribution >= 0.6 is 0 Å². The van der Waals surface area contributed by atoms with Gasteiger partial charge in [-0.05, 0) is 36.2 Å². The van der Waals surface area contributed by atoms with Crippen LogP contribution in [0, 0.1) is 0 Å². The molecule has 5 rings (SSSR count). The highest BCUT2D eigenvalue weighted by Crippen LogP contribution is 2.36. The van der Waals surface area contributed by atoms with Crippen LogP contribution < -0.4 is 4.74 Å². The fourth-order valence-corrected chi connectivity index (χ4v) is 4.23. The number of phenolic OH excluding ortho intramolecular Hbond substituents is 1. The molecule has 3 heterocycles. The number of carbonyl (C=O) groups is 1. The molecule has 7 nitrogen and oxygen atoms in total. The maximum Gasteiger partial charge on any atom is 0.257 e. The number of rotatable bonds is 4. The zero-order valence-electron chi connectivity index (χ0n) is 17.6. The van der Waals surface area contributed by atoms with E-state index >= 15 is 0 Å². The summed E-state index contributed by atoms with van der Waals surface area (Å²) in [6.45, 7) is 0.754. The molecule has 2 aromatic heterocycles. The van der Waals surface area contributed by atoms with Crippen LogP contribution in [0.3, 0.4) is 0 Å². The number of phenols is 1. The molecule has 0 radical (unpaired) electrons. The van der Waals surface area contributed by atoms with Gasteiger partial charge in [-0.2, -0.15) is 0 Å². The topological polar surface area (TPSA) is 98.7 Å². The summed E-state index contributed by atoms with van der Waals surface area (Å²) in [5.74, 6) is 0.404. The van der Waals surface area contributed by atoms with E-state index in [0.29, 0.717) is 13.0 Å². The third kappa shape index (κ3) is 3.46. The summed E-state index contributed by atoms with van der Waals surface area (Å²) in [6.07, 6.45) is 3.68. The zero-order chi connectivity index (χ0) is 22.2. The second-order valence-corrected chi connectivity index (χ2v) is 7.95. The molecule has 0 aliphatic carbocycles. The Morgan fingerprint density at radius 1 is 1.16 bits per heavy atom. The lowest BCUT2D eigenvalue weighted by Gasteiger charge is -2.17. The predicted octanol–water partition coefficient (Wildman–Crippen LogP) is 3.82. The van der Waals surface area contributed by atoms with Crippen molar-refractivity contribution in [2.75, 3.05) is 20.2 Å². The van der Waals surface area contributed by atoms with Gasteiger partial charge in [0.05, 0.1) is 18.8 Å². The molecule has 162 valence electrons. The standard InChI is InChI=1S/C25H23N3O4/c1-32-23-5-3-2-4-18(23)21-13-27-24-19(21)11-16(12-26-24)15-6-7-22(30)20(10-15)25(31)28-9-8-17(29)14-28/h2-7,10-13,17,29-30H,8-9,14H2,1H3,(H,26,27). The summed E-state index contributed by atoms with van der Waals surface area (Å²) in [7, 11) is 1.64. The van der Waals surface area contributed by atoms with Crippen molar-refractivity contribution in [1.82, 2.24) is 14.9 Å². The van der Waals surface area contributed by atoms with E-state index in [-0.39, 0.29) is 23.8 Å². The van der Waals surface area contributed by atoms with Crippen molar-refractivity contribution in [2.24, 2.45) is 0 Å². The maximum atomic E-state index is 12.9. The number of aromatic nitrogens is 2. The Labute approximate surface area is 184 Å². The Bertz CT molecular complexity index is 1310. The number of aliphatic hydroxyl groups excluding tert-OH is 1. The van der Waals surface area contributed by atoms with E-state index in [2.05, 4.69) is 9.97 Å². The zero-order valence-corrected chi connectivity index (χ0v) is 17.6. The first-order valence-corrected chi connectivity index (χ1v) is 10.5. The summed E-state index contributed by atoms with van der Waals surface area (Å²) in [5.41, 5.74) is 4.48. The van der Waals surface area contributed by atoms with Crippen LogP contribution in [-0.2, 0) is 0 Å². The number of methoxy groups -OCH3 is 1. The lowest BCUT2D eigenvalue weighted by atomic mass is 10.00. The normalized spacial score (nSPS) is 15.9. The Balaban J connectivity index is 1.56. The number of para-hydroxylation sites is 1. The number of β-amino-alcohol motifs (C(OH)–C–C–N with tert-alkyl or cyclic N) is 1. The van der Waals surface area contributed by atoms with Crippen molar-refractivity contribution in [3.8, 4) is 33.8 Å². The van der Waals surface area contributed by atoms with Crippen molar-refractivity contribution >= 4 is 16.9 Å². The highest BCUT2D eigenvalue weighted by molar-refractivity contribution is 6.00. The van der Waals surface area contributed by atoms with Gasteiger partial charge in [-0.3, -0.25) is 4.79 Å². The molecule has 1 aliphatic rings. The SMILES string of the molecule is COc1ccccc1-c1c[nH]c2ncc(-c3ccc(O)c(C(=O)N4CCC(O)C4)c3)cc12. The number of hydrogen-bond acceptors (Lipinski definition) is 5. The average molecular weight is 429 g/mol. The van der Waals surface area contributed by atoms with Crippen molar-refractivity contribution < 1.29 is 19.7 Å². The smallest absolute Gasteiger partial charge is 0.257 e. The van der Waals surface area contributed by atoms with E-state index in [4.69, 9.17) is 4.74 Å². The van der Waals surface area contributed by atoms with Crippen molar-refractivity contribution in [2.45, 2.75) is 12.5 Å². The van der Waals surface area contributed by atoms with Gasteiger partial charge in [-0.15, -0.1) is 0 Å². The van der Waals surface area contributed by atoms with E-state index in [1.54, 1.807) is 30.3 Å². The van der Waals surface area contributed by atoms with Gasteiger partial charge in [-0.1, -0.05) is 24.3 Å². The lowest BCUT2D eigenvalue weighted by Crippen LogP contribution is -2.29. The number of aliphatic hydroxyl groups is 1. The van der Waals surface area contributed by atoms with Crippen LogP contribution in [0.1, 0.15) is 16.8 Å². The quantitative estimate of drug-likeness (QED) is 0.458. The van der Waals surface area contributed by atoms with Crippen LogP contribution in [0.25, 0.3) is 33.3 Å². The molecule has 0 bridgehead atoms. The third-order valence-corrected chi connectivity index (χ3v) is 5.94. The molecule has 2 aromatic carbocycles. The van der Waals surface area contributed by atoms with Crippen molar-refractivity contribution in [1.29, 1.82) is 0 Å². The summed E-state index contributed by atoms with van der Waals surface area (Å²) < 4.78 is 5.52. The number of likely N-dealkylation sites (tertiary alicyclic amines) is 1. The number of carbonyl (C=O) groups excluding carboxylic acids is 1. The van der Waals surface area contributed by atoms with E-state index < -0.39 is 6.10 Å². The number of nitrogens with zero attached hydrogens (tertiary/aromatic N) is 2. The minimum absolute atomic E-state index is 0.0782. The number of H-pyrrole nitrogens is 1. The number of fused-ring (bicyclic) bond motifs is 1. The average Bonchev–Trinajstić information content (AvgIpc) is 3.44. The minimum atomic E-state index is -0.516. The second-order valence-electron chi connectivity index (χ2n) is 7.95. The van der Waals surface area contributed by atoms with Crippen molar-refractivity contribution in [3.05, 3.63) is 66.5 Å². The van der Waals surface area contributed by atoms with E-state index in [1.165, 1.54) is 6.07 Å². The minimum Gasteiger partial charge on any atom is -0.507 e. The maximum absolute atomic E-state index is 12.9. The monoisotopic (exact) mass is 429 g/mol. The molecule has 3 N–H and O–H groups in total. The lowest BCUT2D eigenvalue weighted by molar-refractivity contribution is 0.0762. The number of benzene rings is 2. The van der Waals surface area contributed by atoms with Gasteiger partial charge in [0, 0.05) is 47.6 Å². The molecule has 0 saturated carbocycles.